The van der Waals surface area contributed by atoms with Gasteiger partial charge in [-0.1, -0.05) is 18.2 Å². The van der Waals surface area contributed by atoms with E-state index in [1.54, 1.807) is 0 Å². The molecule has 3 aliphatic heterocycles. The molecule has 1 aromatic heterocycles. The van der Waals surface area contributed by atoms with Gasteiger partial charge in [0.1, 0.15) is 5.82 Å². The third kappa shape index (κ3) is 5.81. The summed E-state index contributed by atoms with van der Waals surface area (Å²) in [6.45, 7) is 6.03. The highest BCUT2D eigenvalue weighted by atomic mass is 16.4. The Hall–Kier alpha value is -3.13. The number of piperazine rings is 1. The fourth-order valence-corrected chi connectivity index (χ4v) is 5.73. The number of aryl methyl sites for hydroxylation is 2. The van der Waals surface area contributed by atoms with Crippen molar-refractivity contribution < 1.29 is 14.7 Å². The van der Waals surface area contributed by atoms with Crippen molar-refractivity contribution in [3.63, 3.8) is 0 Å². The number of anilines is 2. The van der Waals surface area contributed by atoms with Crippen LogP contribution in [0.1, 0.15) is 48.4 Å². The van der Waals surface area contributed by atoms with Crippen molar-refractivity contribution >= 4 is 23.4 Å². The van der Waals surface area contributed by atoms with E-state index in [0.29, 0.717) is 19.0 Å². The number of hydrogen-bond donors (Lipinski definition) is 3. The van der Waals surface area contributed by atoms with Crippen molar-refractivity contribution in [1.29, 1.82) is 0 Å². The lowest BCUT2D eigenvalue weighted by Crippen LogP contribution is -2.43. The molecule has 8 heteroatoms. The Bertz CT molecular complexity index is 1080. The SMILES string of the molecule is O=C(O)C[C@H](C(=O)N1CC[C@@H](CCc2ccc3c(n2)NCCC3)C1)c1cccc(N2CCNCC2)c1. The van der Waals surface area contributed by atoms with Crippen molar-refractivity contribution in [2.75, 3.05) is 56.0 Å². The molecule has 0 unspecified atom stereocenters. The number of carbonyl (C=O) groups is 2. The summed E-state index contributed by atoms with van der Waals surface area (Å²) in [5.41, 5.74) is 4.26. The Morgan fingerprint density at radius 3 is 2.81 bits per heavy atom. The summed E-state index contributed by atoms with van der Waals surface area (Å²) >= 11 is 0. The molecule has 3 aliphatic rings. The molecule has 1 aromatic carbocycles. The molecule has 0 bridgehead atoms. The minimum atomic E-state index is -0.941. The van der Waals surface area contributed by atoms with Crippen LogP contribution in [0.15, 0.2) is 36.4 Å². The van der Waals surface area contributed by atoms with Crippen molar-refractivity contribution in [2.45, 2.75) is 44.4 Å². The molecule has 5 rings (SSSR count). The van der Waals surface area contributed by atoms with E-state index in [4.69, 9.17) is 4.98 Å². The monoisotopic (exact) mass is 491 g/mol. The Labute approximate surface area is 213 Å². The number of carboxylic acid groups (broad SMARTS) is 1. The number of nitrogens with zero attached hydrogens (tertiary/aromatic N) is 3. The first kappa shape index (κ1) is 24.6. The number of hydrogen-bond acceptors (Lipinski definition) is 6. The number of likely N-dealkylation sites (tertiary alicyclic amines) is 1. The molecule has 1 amide bonds. The molecule has 2 aromatic rings. The van der Waals surface area contributed by atoms with E-state index >= 15 is 0 Å². The van der Waals surface area contributed by atoms with Crippen LogP contribution in [-0.4, -0.2) is 72.7 Å². The first-order chi connectivity index (χ1) is 17.6. The van der Waals surface area contributed by atoms with E-state index in [1.165, 1.54) is 5.56 Å². The zero-order valence-electron chi connectivity index (χ0n) is 20.9. The number of aliphatic carboxylic acids is 1. The smallest absolute Gasteiger partial charge is 0.304 e. The molecule has 192 valence electrons. The molecular formula is C28H37N5O3. The number of rotatable bonds is 8. The summed E-state index contributed by atoms with van der Waals surface area (Å²) in [6.07, 6.45) is 4.89. The predicted molar refractivity (Wildman–Crippen MR) is 141 cm³/mol. The van der Waals surface area contributed by atoms with Gasteiger partial charge in [-0.05, 0) is 67.3 Å². The van der Waals surface area contributed by atoms with Crippen molar-refractivity contribution in [3.05, 3.63) is 53.2 Å². The van der Waals surface area contributed by atoms with Crippen LogP contribution in [0.3, 0.4) is 0 Å². The number of amides is 1. The Kier molecular flexibility index (Phi) is 7.70. The van der Waals surface area contributed by atoms with Crippen LogP contribution < -0.4 is 15.5 Å². The van der Waals surface area contributed by atoms with E-state index < -0.39 is 11.9 Å². The van der Waals surface area contributed by atoms with E-state index in [-0.39, 0.29) is 12.3 Å². The molecule has 2 atom stereocenters. The highest BCUT2D eigenvalue weighted by molar-refractivity contribution is 5.88. The maximum absolute atomic E-state index is 13.6. The molecule has 0 aliphatic carbocycles. The molecule has 0 saturated carbocycles. The lowest BCUT2D eigenvalue weighted by molar-refractivity contribution is -0.141. The van der Waals surface area contributed by atoms with Crippen LogP contribution in [-0.2, 0) is 22.4 Å². The van der Waals surface area contributed by atoms with Gasteiger partial charge >= 0.3 is 5.97 Å². The molecule has 3 N–H and O–H groups in total. The summed E-state index contributed by atoms with van der Waals surface area (Å²) < 4.78 is 0. The summed E-state index contributed by atoms with van der Waals surface area (Å²) in [5.74, 6) is -0.214. The predicted octanol–water partition coefficient (Wildman–Crippen LogP) is 2.89. The minimum Gasteiger partial charge on any atom is -0.481 e. The number of aromatic nitrogens is 1. The van der Waals surface area contributed by atoms with Crippen LogP contribution >= 0.6 is 0 Å². The standard InChI is InChI=1S/C28H37N5O3/c34-26(35)18-25(22-3-1-5-24(17-22)32-15-12-29-13-16-32)28(36)33-14-10-20(19-33)6-8-23-9-7-21-4-2-11-30-27(21)31-23/h1,3,5,7,9,17,20,25,29H,2,4,6,8,10-16,18-19H2,(H,30,31)(H,34,35)/t20-,25+/m1/s1. The number of nitrogens with one attached hydrogen (secondary N) is 2. The first-order valence-electron chi connectivity index (χ1n) is 13.4. The Morgan fingerprint density at radius 1 is 1.11 bits per heavy atom. The minimum absolute atomic E-state index is 0.0616. The topological polar surface area (TPSA) is 97.8 Å². The second kappa shape index (κ2) is 11.3. The molecular weight excluding hydrogens is 454 g/mol. The second-order valence-electron chi connectivity index (χ2n) is 10.3. The van der Waals surface area contributed by atoms with Gasteiger partial charge in [-0.3, -0.25) is 9.59 Å². The van der Waals surface area contributed by atoms with Gasteiger partial charge in [-0.2, -0.15) is 0 Å². The maximum atomic E-state index is 13.6. The van der Waals surface area contributed by atoms with Gasteiger partial charge in [0, 0.05) is 57.2 Å². The third-order valence-corrected chi connectivity index (χ3v) is 7.79. The molecule has 8 nitrogen and oxygen atoms in total. The van der Waals surface area contributed by atoms with E-state index in [1.807, 2.05) is 29.2 Å². The number of carboxylic acids is 1. The van der Waals surface area contributed by atoms with E-state index in [0.717, 1.165) is 87.6 Å². The Balaban J connectivity index is 1.22. The largest absolute Gasteiger partial charge is 0.481 e. The molecule has 36 heavy (non-hydrogen) atoms. The van der Waals surface area contributed by atoms with Crippen molar-refractivity contribution in [3.8, 4) is 0 Å². The van der Waals surface area contributed by atoms with Crippen LogP contribution in [0, 0.1) is 5.92 Å². The van der Waals surface area contributed by atoms with Gasteiger partial charge in [-0.25, -0.2) is 4.98 Å². The van der Waals surface area contributed by atoms with Crippen LogP contribution in [0.4, 0.5) is 11.5 Å². The molecule has 2 saturated heterocycles. The fourth-order valence-electron chi connectivity index (χ4n) is 5.73. The highest BCUT2D eigenvalue weighted by Crippen LogP contribution is 2.30. The normalized spacial score (nSPS) is 20.5. The average Bonchev–Trinajstić information content (AvgIpc) is 3.40. The molecule has 4 heterocycles. The van der Waals surface area contributed by atoms with Gasteiger partial charge in [-0.15, -0.1) is 0 Å². The van der Waals surface area contributed by atoms with Crippen LogP contribution in [0.2, 0.25) is 0 Å². The van der Waals surface area contributed by atoms with Crippen LogP contribution in [0.25, 0.3) is 0 Å². The zero-order chi connectivity index (χ0) is 24.9. The van der Waals surface area contributed by atoms with Gasteiger partial charge in [0.15, 0.2) is 0 Å². The average molecular weight is 492 g/mol. The zero-order valence-corrected chi connectivity index (χ0v) is 20.9. The Morgan fingerprint density at radius 2 is 1.97 bits per heavy atom. The summed E-state index contributed by atoms with van der Waals surface area (Å²) in [7, 11) is 0. The van der Waals surface area contributed by atoms with E-state index in [9.17, 15) is 14.7 Å². The van der Waals surface area contributed by atoms with Gasteiger partial charge in [0.05, 0.1) is 12.3 Å². The maximum Gasteiger partial charge on any atom is 0.304 e. The van der Waals surface area contributed by atoms with Crippen molar-refractivity contribution in [1.82, 2.24) is 15.2 Å². The molecule has 0 spiro atoms. The number of benzene rings is 1. The summed E-state index contributed by atoms with van der Waals surface area (Å²) in [4.78, 5) is 34.3. The van der Waals surface area contributed by atoms with Crippen molar-refractivity contribution in [2.24, 2.45) is 5.92 Å². The summed E-state index contributed by atoms with van der Waals surface area (Å²) in [5, 5.41) is 16.4. The lowest BCUT2D eigenvalue weighted by Gasteiger charge is -2.30. The lowest BCUT2D eigenvalue weighted by atomic mass is 9.93. The number of pyridine rings is 1. The van der Waals surface area contributed by atoms with Gasteiger partial charge in [0.25, 0.3) is 0 Å². The number of fused-ring (bicyclic) bond motifs is 1. The van der Waals surface area contributed by atoms with Crippen LogP contribution in [0.5, 0.6) is 0 Å². The number of carbonyl (C=O) groups excluding carboxylic acids is 1. The first-order valence-corrected chi connectivity index (χ1v) is 13.4. The third-order valence-electron chi connectivity index (χ3n) is 7.79. The summed E-state index contributed by atoms with van der Waals surface area (Å²) in [6, 6.07) is 12.2. The van der Waals surface area contributed by atoms with Gasteiger partial charge in [0.2, 0.25) is 5.91 Å². The highest BCUT2D eigenvalue weighted by Gasteiger charge is 2.33. The van der Waals surface area contributed by atoms with Gasteiger partial charge < -0.3 is 25.5 Å². The molecule has 2 fully saturated rings. The molecule has 0 radical (unpaired) electrons. The second-order valence-corrected chi connectivity index (χ2v) is 10.3. The quantitative estimate of drug-likeness (QED) is 0.522. The van der Waals surface area contributed by atoms with E-state index in [2.05, 4.69) is 27.7 Å². The fraction of sp³-hybridized carbons (Fsp3) is 0.536.